The molecule has 1 aromatic heterocycles. The third-order valence-corrected chi connectivity index (χ3v) is 8.52. The monoisotopic (exact) mass is 528 g/mol. The minimum Gasteiger partial charge on any atom is -0.395 e. The van der Waals surface area contributed by atoms with Gasteiger partial charge in [-0.05, 0) is 61.2 Å². The zero-order valence-corrected chi connectivity index (χ0v) is 22.7. The average molecular weight is 529 g/mol. The smallest absolute Gasteiger partial charge is 0.264 e. The van der Waals surface area contributed by atoms with Crippen LogP contribution in [-0.2, 0) is 26.7 Å². The highest BCUT2D eigenvalue weighted by atomic mass is 32.2. The summed E-state index contributed by atoms with van der Waals surface area (Å²) < 4.78 is 35.8. The van der Waals surface area contributed by atoms with Gasteiger partial charge in [0.2, 0.25) is 0 Å². The number of hydrogen-bond donors (Lipinski definition) is 2. The maximum absolute atomic E-state index is 13.4. The number of carbonyl (C=O) groups is 1. The zero-order chi connectivity index (χ0) is 26.8. The minimum atomic E-state index is -3.86. The Balaban J connectivity index is 1.63. The van der Waals surface area contributed by atoms with Gasteiger partial charge < -0.3 is 19.7 Å². The first kappa shape index (κ1) is 27.1. The average Bonchev–Trinajstić information content (AvgIpc) is 3.25. The molecule has 3 aromatic rings. The van der Waals surface area contributed by atoms with Crippen molar-refractivity contribution >= 4 is 32.7 Å². The Labute approximate surface area is 218 Å². The van der Waals surface area contributed by atoms with Gasteiger partial charge in [0.15, 0.2) is 0 Å². The van der Waals surface area contributed by atoms with Crippen LogP contribution in [0.4, 0.5) is 5.69 Å². The van der Waals surface area contributed by atoms with E-state index >= 15 is 0 Å². The second kappa shape index (κ2) is 10.8. The molecule has 1 fully saturated rings. The van der Waals surface area contributed by atoms with Crippen molar-refractivity contribution in [1.29, 1.82) is 0 Å². The molecule has 9 nitrogen and oxygen atoms in total. The number of rotatable bonds is 8. The van der Waals surface area contributed by atoms with Gasteiger partial charge in [0.25, 0.3) is 15.9 Å². The van der Waals surface area contributed by atoms with Crippen molar-refractivity contribution in [3.05, 3.63) is 53.9 Å². The Morgan fingerprint density at radius 1 is 1.16 bits per heavy atom. The Hall–Kier alpha value is -2.95. The van der Waals surface area contributed by atoms with Gasteiger partial charge in [-0.25, -0.2) is 13.4 Å². The van der Waals surface area contributed by atoms with Crippen LogP contribution in [0.15, 0.2) is 47.4 Å². The van der Waals surface area contributed by atoms with E-state index in [1.807, 2.05) is 18.2 Å². The SMILES string of the molecule is CN(c1ccc2c(c1)nc(C(C)(C)C)n2CC1CCOCC1)S(=O)(=O)c1ccc(C(=O)NCCO)cc1. The lowest BCUT2D eigenvalue weighted by Crippen LogP contribution is -2.27. The van der Waals surface area contributed by atoms with Crippen LogP contribution in [0, 0.1) is 5.92 Å². The van der Waals surface area contributed by atoms with Crippen molar-refractivity contribution < 1.29 is 23.1 Å². The lowest BCUT2D eigenvalue weighted by molar-refractivity contribution is 0.0611. The molecule has 0 bridgehead atoms. The molecule has 200 valence electrons. The number of aliphatic hydroxyl groups is 1. The molecule has 0 spiro atoms. The Bertz CT molecular complexity index is 1350. The summed E-state index contributed by atoms with van der Waals surface area (Å²) in [4.78, 5) is 17.1. The Morgan fingerprint density at radius 3 is 2.46 bits per heavy atom. The number of carbonyl (C=O) groups excluding carboxylic acids is 1. The number of benzene rings is 2. The van der Waals surface area contributed by atoms with E-state index in [-0.39, 0.29) is 29.4 Å². The van der Waals surface area contributed by atoms with Crippen LogP contribution in [0.3, 0.4) is 0 Å². The van der Waals surface area contributed by atoms with Gasteiger partial charge in [0, 0.05) is 44.3 Å². The lowest BCUT2D eigenvalue weighted by atomic mass is 9.94. The van der Waals surface area contributed by atoms with E-state index < -0.39 is 10.0 Å². The molecule has 4 rings (SSSR count). The molecule has 0 saturated carbocycles. The summed E-state index contributed by atoms with van der Waals surface area (Å²) >= 11 is 0. The molecule has 37 heavy (non-hydrogen) atoms. The maximum atomic E-state index is 13.4. The highest BCUT2D eigenvalue weighted by Gasteiger charge is 2.27. The molecule has 0 atom stereocenters. The van der Waals surface area contributed by atoms with Gasteiger partial charge in [0.1, 0.15) is 5.82 Å². The van der Waals surface area contributed by atoms with Crippen molar-refractivity contribution in [2.24, 2.45) is 5.92 Å². The molecule has 1 aliphatic rings. The fourth-order valence-corrected chi connectivity index (χ4v) is 5.79. The maximum Gasteiger partial charge on any atom is 0.264 e. The number of anilines is 1. The van der Waals surface area contributed by atoms with Crippen LogP contribution in [0.25, 0.3) is 11.0 Å². The van der Waals surface area contributed by atoms with Crippen LogP contribution in [-0.4, -0.2) is 62.4 Å². The van der Waals surface area contributed by atoms with Crippen LogP contribution in [0.1, 0.15) is 49.8 Å². The number of hydrogen-bond acceptors (Lipinski definition) is 6. The molecule has 2 heterocycles. The second-order valence-electron chi connectivity index (χ2n) is 10.5. The minimum absolute atomic E-state index is 0.0780. The number of aromatic nitrogens is 2. The summed E-state index contributed by atoms with van der Waals surface area (Å²) in [6.07, 6.45) is 2.04. The van der Waals surface area contributed by atoms with Gasteiger partial charge in [-0.2, -0.15) is 0 Å². The summed E-state index contributed by atoms with van der Waals surface area (Å²) in [6.45, 7) is 8.80. The quantitative estimate of drug-likeness (QED) is 0.464. The van der Waals surface area contributed by atoms with Crippen molar-refractivity contribution in [3.8, 4) is 0 Å². The van der Waals surface area contributed by atoms with E-state index in [1.165, 1.54) is 35.6 Å². The number of fused-ring (bicyclic) bond motifs is 1. The van der Waals surface area contributed by atoms with Gasteiger partial charge in [-0.15, -0.1) is 0 Å². The Kier molecular flexibility index (Phi) is 7.91. The number of nitrogens with zero attached hydrogens (tertiary/aromatic N) is 3. The molecule has 1 aliphatic heterocycles. The summed E-state index contributed by atoms with van der Waals surface area (Å²) in [5.74, 6) is 1.12. The van der Waals surface area contributed by atoms with Gasteiger partial charge in [-0.3, -0.25) is 9.10 Å². The summed E-state index contributed by atoms with van der Waals surface area (Å²) in [7, 11) is -2.35. The number of ether oxygens (including phenoxy) is 1. The van der Waals surface area contributed by atoms with Gasteiger partial charge in [0.05, 0.1) is 28.2 Å². The van der Waals surface area contributed by atoms with Crippen LogP contribution >= 0.6 is 0 Å². The first-order valence-corrected chi connectivity index (χ1v) is 14.0. The molecule has 0 unspecified atom stereocenters. The van der Waals surface area contributed by atoms with Crippen molar-refractivity contribution in [2.75, 3.05) is 37.7 Å². The van der Waals surface area contributed by atoms with Crippen LogP contribution < -0.4 is 9.62 Å². The molecule has 2 aromatic carbocycles. The number of nitrogens with one attached hydrogen (secondary N) is 1. The molecular formula is C27H36N4O5S. The molecule has 1 amide bonds. The summed E-state index contributed by atoms with van der Waals surface area (Å²) in [5.41, 5.74) is 2.40. The number of imidazole rings is 1. The number of aliphatic hydroxyl groups excluding tert-OH is 1. The predicted octanol–water partition coefficient (Wildman–Crippen LogP) is 3.31. The van der Waals surface area contributed by atoms with Crippen molar-refractivity contribution in [3.63, 3.8) is 0 Å². The second-order valence-corrected chi connectivity index (χ2v) is 12.5. The summed E-state index contributed by atoms with van der Waals surface area (Å²) in [6, 6.07) is 11.3. The standard InChI is InChI=1S/C27H36N4O5S/c1-27(2,3)26-29-23-17-21(7-10-24(23)31(26)18-19-11-15-36-16-12-19)30(4)37(34,35)22-8-5-20(6-9-22)25(33)28-13-14-32/h5-10,17,19,32H,11-16,18H2,1-4H3,(H,28,33). The third-order valence-electron chi connectivity index (χ3n) is 6.72. The molecule has 1 saturated heterocycles. The normalized spacial score (nSPS) is 15.2. The molecule has 10 heteroatoms. The largest absolute Gasteiger partial charge is 0.395 e. The first-order chi connectivity index (χ1) is 17.5. The van der Waals surface area contributed by atoms with Crippen molar-refractivity contribution in [1.82, 2.24) is 14.9 Å². The topological polar surface area (TPSA) is 114 Å². The number of amides is 1. The van der Waals surface area contributed by atoms with E-state index in [4.69, 9.17) is 14.8 Å². The van der Waals surface area contributed by atoms with Crippen LogP contribution in [0.5, 0.6) is 0 Å². The lowest BCUT2D eigenvalue weighted by Gasteiger charge is -2.26. The fourth-order valence-electron chi connectivity index (χ4n) is 4.61. The van der Waals surface area contributed by atoms with E-state index in [2.05, 4.69) is 30.7 Å². The molecular weight excluding hydrogens is 492 g/mol. The highest BCUT2D eigenvalue weighted by molar-refractivity contribution is 7.92. The van der Waals surface area contributed by atoms with Gasteiger partial charge >= 0.3 is 0 Å². The molecule has 2 N–H and O–H groups in total. The molecule has 0 aliphatic carbocycles. The summed E-state index contributed by atoms with van der Waals surface area (Å²) in [5, 5.41) is 11.4. The Morgan fingerprint density at radius 2 is 1.84 bits per heavy atom. The first-order valence-electron chi connectivity index (χ1n) is 12.6. The number of sulfonamides is 1. The fraction of sp³-hybridized carbons (Fsp3) is 0.481. The highest BCUT2D eigenvalue weighted by Crippen LogP contribution is 2.32. The van der Waals surface area contributed by atoms with E-state index in [1.54, 1.807) is 0 Å². The predicted molar refractivity (Wildman–Crippen MR) is 143 cm³/mol. The van der Waals surface area contributed by atoms with E-state index in [0.29, 0.717) is 17.2 Å². The van der Waals surface area contributed by atoms with Crippen LogP contribution in [0.2, 0.25) is 0 Å². The third kappa shape index (κ3) is 5.81. The van der Waals surface area contributed by atoms with E-state index in [9.17, 15) is 13.2 Å². The van der Waals surface area contributed by atoms with E-state index in [0.717, 1.165) is 49.5 Å². The zero-order valence-electron chi connectivity index (χ0n) is 21.9. The molecule has 0 radical (unpaired) electrons. The van der Waals surface area contributed by atoms with Gasteiger partial charge in [-0.1, -0.05) is 20.8 Å². The van der Waals surface area contributed by atoms with Crippen molar-refractivity contribution in [2.45, 2.75) is 50.5 Å².